The first-order valence-corrected chi connectivity index (χ1v) is 18.1. The van der Waals surface area contributed by atoms with Crippen molar-refractivity contribution in [1.82, 2.24) is 0 Å². The molecule has 306 valence electrons. The smallest absolute Gasteiger partial charge is 0.200 e. The van der Waals surface area contributed by atoms with E-state index in [1.165, 1.54) is 11.9 Å². The summed E-state index contributed by atoms with van der Waals surface area (Å²) in [6.45, 7) is 21.6. The van der Waals surface area contributed by atoms with E-state index in [2.05, 4.69) is 62.3 Å². The number of halogens is 15. The third-order valence-electron chi connectivity index (χ3n) is 8.79. The molecule has 0 unspecified atom stereocenters. The second-order valence-electron chi connectivity index (χ2n) is 15.9. The molecule has 0 N–H and O–H groups in total. The fourth-order valence-corrected chi connectivity index (χ4v) is 14.7. The Morgan fingerprint density at radius 1 is 0.404 bits per heavy atom. The Labute approximate surface area is 320 Å². The highest BCUT2D eigenvalue weighted by molar-refractivity contribution is 7.62. The summed E-state index contributed by atoms with van der Waals surface area (Å²) in [5, 5.41) is 1.46. The normalized spacial score (nSPS) is 12.2. The summed E-state index contributed by atoms with van der Waals surface area (Å²) in [6.07, 6.45) is -0.750. The molecule has 17 heteroatoms. The second kappa shape index (κ2) is 16.4. The summed E-state index contributed by atoms with van der Waals surface area (Å²) in [7, 11) is -0.391. The Morgan fingerprint density at radius 3 is 0.842 bits per heavy atom. The number of hydrogen-bond acceptors (Lipinski definition) is 0. The topological polar surface area (TPSA) is 0 Å². The molecule has 0 saturated heterocycles. The number of hydrogen-bond donors (Lipinski definition) is 0. The zero-order valence-electron chi connectivity index (χ0n) is 31.6. The second-order valence-corrected chi connectivity index (χ2v) is 21.2. The van der Waals surface area contributed by atoms with Crippen LogP contribution in [0.15, 0.2) is 24.3 Å². The van der Waals surface area contributed by atoms with Crippen molar-refractivity contribution in [2.45, 2.75) is 77.8 Å². The highest BCUT2D eigenvalue weighted by Gasteiger charge is 2.50. The Balaban J connectivity index is 0.000000573. The first kappa shape index (κ1) is 46.8. The molecule has 0 aromatic heterocycles. The zero-order chi connectivity index (χ0) is 44.1. The molecule has 0 heterocycles. The Bertz CT molecular complexity index is 2060. The summed E-state index contributed by atoms with van der Waals surface area (Å²) < 4.78 is 221. The van der Waals surface area contributed by atoms with Crippen LogP contribution >= 0.6 is 7.92 Å². The SMILES string of the molecule is C#Cc1ccccc1C#C[B-](c1c(F)c(F)c(F)c(F)c1F)(c1c(F)c(F)c(F)c(F)c1F)c1c(F)c(F)c(F)c(F)c1F.CC(C)(C)[PH+](C(C)(C)C)C(C)(C)C. The molecule has 0 amide bonds. The summed E-state index contributed by atoms with van der Waals surface area (Å²) in [5.74, 6) is -41.6. The minimum atomic E-state index is -5.99. The third-order valence-corrected chi connectivity index (χ3v) is 13.3. The van der Waals surface area contributed by atoms with Gasteiger partial charge in [0.15, 0.2) is 58.5 Å². The van der Waals surface area contributed by atoms with Crippen molar-refractivity contribution in [1.29, 1.82) is 0 Å². The maximum Gasteiger partial charge on any atom is 0.200 e. The van der Waals surface area contributed by atoms with Crippen molar-refractivity contribution < 1.29 is 65.9 Å². The van der Waals surface area contributed by atoms with Crippen LogP contribution in [0.1, 0.15) is 73.4 Å². The molecule has 0 spiro atoms. The van der Waals surface area contributed by atoms with Crippen molar-refractivity contribution in [3.63, 3.8) is 0 Å². The van der Waals surface area contributed by atoms with E-state index in [-0.39, 0.29) is 5.56 Å². The molecular formula is C40H33BF15P. The monoisotopic (exact) mass is 840 g/mol. The third kappa shape index (κ3) is 8.39. The highest BCUT2D eigenvalue weighted by atomic mass is 31.1. The summed E-state index contributed by atoms with van der Waals surface area (Å²) in [5.41, 5.74) is -9.43. The van der Waals surface area contributed by atoms with Gasteiger partial charge in [0.2, 0.25) is 0 Å². The van der Waals surface area contributed by atoms with Crippen molar-refractivity contribution in [3.8, 4) is 24.1 Å². The van der Waals surface area contributed by atoms with Crippen LogP contribution in [0.4, 0.5) is 65.9 Å². The largest absolute Gasteiger partial charge is 0.291 e. The minimum absolute atomic E-state index is 0.350. The molecule has 0 nitrogen and oxygen atoms in total. The number of benzene rings is 4. The van der Waals surface area contributed by atoms with Crippen molar-refractivity contribution in [3.05, 3.63) is 123 Å². The van der Waals surface area contributed by atoms with Crippen LogP contribution in [0.2, 0.25) is 0 Å². The highest BCUT2D eigenvalue weighted by Crippen LogP contribution is 2.66. The molecule has 0 aliphatic rings. The maximum atomic E-state index is 15.4. The van der Waals surface area contributed by atoms with Gasteiger partial charge in [0.05, 0.1) is 15.5 Å². The Hall–Kier alpha value is -4.56. The standard InChI is InChI=1S/C28H5BF15.C12H27P/c1-2-9-5-3-4-6-10(9)7-8-29(11-14(30)20(36)26(42)21(37)15(11)31,12-16(32)22(38)27(43)23(39)17(12)33)13-18(34)24(40)28(44)25(41)19(13)35;1-10(2,3)13(11(4,5)6)12(7,8)9/h1,3-6H;1-9H3/q-1;/p+1. The molecular weight excluding hydrogens is 807 g/mol. The van der Waals surface area contributed by atoms with E-state index >= 15 is 26.3 Å². The van der Waals surface area contributed by atoms with Gasteiger partial charge in [0.25, 0.3) is 0 Å². The van der Waals surface area contributed by atoms with Crippen LogP contribution in [0.5, 0.6) is 0 Å². The Morgan fingerprint density at radius 2 is 0.632 bits per heavy atom. The van der Waals surface area contributed by atoms with Crippen molar-refractivity contribution in [2.75, 3.05) is 0 Å². The summed E-state index contributed by atoms with van der Waals surface area (Å²) >= 11 is 0. The van der Waals surface area contributed by atoms with Crippen LogP contribution < -0.4 is 16.4 Å². The van der Waals surface area contributed by atoms with Crippen LogP contribution in [-0.2, 0) is 0 Å². The lowest BCUT2D eigenvalue weighted by atomic mass is 9.15. The van der Waals surface area contributed by atoms with E-state index in [1.807, 2.05) is 5.92 Å². The number of rotatable bonds is 3. The fraction of sp³-hybridized carbons (Fsp3) is 0.300. The van der Waals surface area contributed by atoms with Gasteiger partial charge >= 0.3 is 0 Å². The van der Waals surface area contributed by atoms with E-state index in [4.69, 9.17) is 6.42 Å². The molecule has 4 aromatic carbocycles. The lowest BCUT2D eigenvalue weighted by Crippen LogP contribution is -2.72. The van der Waals surface area contributed by atoms with E-state index in [9.17, 15) is 39.5 Å². The maximum absolute atomic E-state index is 15.4. The van der Waals surface area contributed by atoms with Gasteiger partial charge in [-0.05, 0) is 74.4 Å². The molecule has 57 heavy (non-hydrogen) atoms. The van der Waals surface area contributed by atoms with E-state index in [1.54, 1.807) is 5.92 Å². The lowest BCUT2D eigenvalue weighted by molar-refractivity contribution is 0.380. The average Bonchev–Trinajstić information content (AvgIpc) is 3.10. The molecule has 0 aliphatic heterocycles. The zero-order valence-corrected chi connectivity index (χ0v) is 32.6. The molecule has 0 radical (unpaired) electrons. The number of terminal acetylenes is 1. The molecule has 0 atom stereocenters. The van der Waals surface area contributed by atoms with E-state index in [0.717, 1.165) is 18.2 Å². The van der Waals surface area contributed by atoms with E-state index < -0.39 is 123 Å². The van der Waals surface area contributed by atoms with Crippen LogP contribution in [0.3, 0.4) is 0 Å². The Kier molecular flexibility index (Phi) is 13.4. The van der Waals surface area contributed by atoms with Gasteiger partial charge in [0, 0.05) is 19.0 Å². The predicted octanol–water partition coefficient (Wildman–Crippen LogP) is 10.4. The summed E-state index contributed by atoms with van der Waals surface area (Å²) in [6, 6.07) is 4.25. The van der Waals surface area contributed by atoms with Crippen molar-refractivity contribution >= 4 is 30.5 Å². The van der Waals surface area contributed by atoms with Crippen LogP contribution in [-0.4, -0.2) is 21.6 Å². The molecule has 0 fully saturated rings. The molecule has 0 saturated carbocycles. The van der Waals surface area contributed by atoms with Crippen molar-refractivity contribution in [2.24, 2.45) is 0 Å². The fourth-order valence-electron chi connectivity index (χ4n) is 7.93. The van der Waals surface area contributed by atoms with Gasteiger partial charge < -0.3 is 0 Å². The van der Waals surface area contributed by atoms with Crippen LogP contribution in [0.25, 0.3) is 0 Å². The van der Waals surface area contributed by atoms with Gasteiger partial charge in [-0.15, -0.1) is 28.7 Å². The minimum Gasteiger partial charge on any atom is -0.291 e. The molecule has 0 bridgehead atoms. The average molecular weight is 840 g/mol. The van der Waals surface area contributed by atoms with Gasteiger partial charge in [-0.3, -0.25) is 5.82 Å². The summed E-state index contributed by atoms with van der Waals surface area (Å²) in [4.78, 5) is 0. The van der Waals surface area contributed by atoms with Crippen LogP contribution in [0, 0.1) is 111 Å². The van der Waals surface area contributed by atoms with E-state index in [0.29, 0.717) is 15.5 Å². The molecule has 0 aliphatic carbocycles. The van der Waals surface area contributed by atoms with Gasteiger partial charge in [-0.2, -0.15) is 0 Å². The first-order valence-electron chi connectivity index (χ1n) is 16.6. The van der Waals surface area contributed by atoms with Gasteiger partial charge in [-0.25, -0.2) is 65.9 Å². The predicted molar refractivity (Wildman–Crippen MR) is 192 cm³/mol. The molecule has 4 aromatic rings. The molecule has 4 rings (SSSR count). The first-order chi connectivity index (χ1) is 25.9. The quantitative estimate of drug-likeness (QED) is 0.0482. The lowest BCUT2D eigenvalue weighted by Gasteiger charge is -2.42. The van der Waals surface area contributed by atoms with Gasteiger partial charge in [-0.1, -0.05) is 18.1 Å². The van der Waals surface area contributed by atoms with Gasteiger partial charge in [0.1, 0.15) is 34.9 Å².